The summed E-state index contributed by atoms with van der Waals surface area (Å²) in [5, 5.41) is 3.60. The predicted molar refractivity (Wildman–Crippen MR) is 47.8 cm³/mol. The molecule has 0 aliphatic heterocycles. The molecule has 0 atom stereocenters. The molecule has 2 rings (SSSR count). The van der Waals surface area contributed by atoms with Gasteiger partial charge in [0.15, 0.2) is 17.5 Å². The monoisotopic (exact) mass is 211 g/mol. The van der Waals surface area contributed by atoms with Gasteiger partial charge in [-0.3, -0.25) is 0 Å². The lowest BCUT2D eigenvalue weighted by Gasteiger charge is -2.03. The average Bonchev–Trinajstić information content (AvgIpc) is 2.64. The molecular formula is C9H7F2N3O. The molecule has 2 heterocycles. The molecule has 0 amide bonds. The first-order valence-corrected chi connectivity index (χ1v) is 4.11. The molecule has 4 nitrogen and oxygen atoms in total. The van der Waals surface area contributed by atoms with Crippen LogP contribution in [-0.4, -0.2) is 21.9 Å². The van der Waals surface area contributed by atoms with Crippen molar-refractivity contribution in [2.75, 3.05) is 7.11 Å². The molecule has 0 bridgehead atoms. The van der Waals surface area contributed by atoms with Gasteiger partial charge in [-0.25, -0.2) is 18.4 Å². The summed E-state index contributed by atoms with van der Waals surface area (Å²) in [6, 6.07) is 1.15. The number of methoxy groups -OCH3 is 1. The molecule has 0 aliphatic carbocycles. The molecule has 6 heteroatoms. The van der Waals surface area contributed by atoms with E-state index in [-0.39, 0.29) is 5.82 Å². The van der Waals surface area contributed by atoms with E-state index in [2.05, 4.69) is 10.1 Å². The lowest BCUT2D eigenvalue weighted by Crippen LogP contribution is -2.01. The van der Waals surface area contributed by atoms with E-state index in [1.807, 2.05) is 0 Å². The van der Waals surface area contributed by atoms with Crippen LogP contribution in [0.15, 0.2) is 24.7 Å². The SMILES string of the molecule is COc1cnc(-n2cc(F)cn2)c(F)c1. The third-order valence-electron chi connectivity index (χ3n) is 1.80. The minimum Gasteiger partial charge on any atom is -0.495 e. The van der Waals surface area contributed by atoms with Gasteiger partial charge in [-0.15, -0.1) is 0 Å². The maximum absolute atomic E-state index is 13.4. The molecule has 0 aliphatic rings. The fourth-order valence-corrected chi connectivity index (χ4v) is 1.11. The molecule has 0 saturated carbocycles. The van der Waals surface area contributed by atoms with E-state index in [0.29, 0.717) is 5.75 Å². The predicted octanol–water partition coefficient (Wildman–Crippen LogP) is 1.55. The first kappa shape index (κ1) is 9.57. The molecule has 0 spiro atoms. The maximum atomic E-state index is 13.4. The highest BCUT2D eigenvalue weighted by molar-refractivity contribution is 5.29. The molecule has 0 radical (unpaired) electrons. The zero-order valence-corrected chi connectivity index (χ0v) is 7.82. The van der Waals surface area contributed by atoms with E-state index in [0.717, 1.165) is 23.1 Å². The third-order valence-corrected chi connectivity index (χ3v) is 1.80. The quantitative estimate of drug-likeness (QED) is 0.756. The number of ether oxygens (including phenoxy) is 1. The van der Waals surface area contributed by atoms with Crippen LogP contribution in [0.25, 0.3) is 5.82 Å². The maximum Gasteiger partial charge on any atom is 0.190 e. The number of halogens is 2. The van der Waals surface area contributed by atoms with Gasteiger partial charge in [-0.2, -0.15) is 5.10 Å². The molecule has 0 unspecified atom stereocenters. The minimum atomic E-state index is -0.627. The lowest BCUT2D eigenvalue weighted by molar-refractivity contribution is 0.408. The molecule has 15 heavy (non-hydrogen) atoms. The number of pyridine rings is 1. The van der Waals surface area contributed by atoms with Crippen LogP contribution in [0.2, 0.25) is 0 Å². The van der Waals surface area contributed by atoms with Crippen molar-refractivity contribution in [3.63, 3.8) is 0 Å². The van der Waals surface area contributed by atoms with Crippen molar-refractivity contribution in [2.45, 2.75) is 0 Å². The van der Waals surface area contributed by atoms with Gasteiger partial charge in [0, 0.05) is 6.07 Å². The topological polar surface area (TPSA) is 39.9 Å². The van der Waals surface area contributed by atoms with Crippen molar-refractivity contribution in [3.05, 3.63) is 36.3 Å². The fourth-order valence-electron chi connectivity index (χ4n) is 1.11. The summed E-state index contributed by atoms with van der Waals surface area (Å²) in [6.45, 7) is 0. The highest BCUT2D eigenvalue weighted by Crippen LogP contribution is 2.15. The molecule has 2 aromatic rings. The van der Waals surface area contributed by atoms with E-state index in [4.69, 9.17) is 4.74 Å². The number of nitrogens with zero attached hydrogens (tertiary/aromatic N) is 3. The Kier molecular flexibility index (Phi) is 2.32. The number of rotatable bonds is 2. The Bertz CT molecular complexity index is 484. The fraction of sp³-hybridized carbons (Fsp3) is 0.111. The Morgan fingerprint density at radius 2 is 2.13 bits per heavy atom. The first-order valence-electron chi connectivity index (χ1n) is 4.11. The van der Waals surface area contributed by atoms with Crippen molar-refractivity contribution in [1.29, 1.82) is 0 Å². The molecule has 0 N–H and O–H groups in total. The van der Waals surface area contributed by atoms with Gasteiger partial charge >= 0.3 is 0 Å². The van der Waals surface area contributed by atoms with Crippen LogP contribution < -0.4 is 4.74 Å². The Morgan fingerprint density at radius 1 is 1.33 bits per heavy atom. The molecule has 0 aromatic carbocycles. The summed E-state index contributed by atoms with van der Waals surface area (Å²) in [5.41, 5.74) is 0. The minimum absolute atomic E-state index is 0.0697. The number of aromatic nitrogens is 3. The molecule has 0 saturated heterocycles. The van der Waals surface area contributed by atoms with Crippen LogP contribution in [0.5, 0.6) is 5.75 Å². The van der Waals surface area contributed by atoms with Crippen molar-refractivity contribution < 1.29 is 13.5 Å². The normalized spacial score (nSPS) is 10.3. The second kappa shape index (κ2) is 3.64. The molecule has 2 aromatic heterocycles. The van der Waals surface area contributed by atoms with Gasteiger partial charge in [0.25, 0.3) is 0 Å². The second-order valence-corrected chi connectivity index (χ2v) is 2.78. The van der Waals surface area contributed by atoms with Crippen molar-refractivity contribution >= 4 is 0 Å². The van der Waals surface area contributed by atoms with E-state index in [1.54, 1.807) is 0 Å². The van der Waals surface area contributed by atoms with Gasteiger partial charge in [-0.1, -0.05) is 0 Å². The highest BCUT2D eigenvalue weighted by atomic mass is 19.1. The summed E-state index contributed by atoms with van der Waals surface area (Å²) in [5.74, 6) is -0.951. The van der Waals surface area contributed by atoms with Crippen LogP contribution >= 0.6 is 0 Å². The Morgan fingerprint density at radius 3 is 2.67 bits per heavy atom. The van der Waals surface area contributed by atoms with Crippen LogP contribution in [0.4, 0.5) is 8.78 Å². The van der Waals surface area contributed by atoms with Crippen LogP contribution in [0, 0.1) is 11.6 Å². The van der Waals surface area contributed by atoms with E-state index < -0.39 is 11.6 Å². The Labute approximate surface area is 84.1 Å². The zero-order valence-electron chi connectivity index (χ0n) is 7.82. The first-order chi connectivity index (χ1) is 7.20. The second-order valence-electron chi connectivity index (χ2n) is 2.78. The standard InChI is InChI=1S/C9H7F2N3O/c1-15-7-2-8(11)9(12-4-7)14-5-6(10)3-13-14/h2-5H,1H3. The highest BCUT2D eigenvalue weighted by Gasteiger charge is 2.09. The summed E-state index contributed by atoms with van der Waals surface area (Å²) < 4.78 is 31.8. The molecular weight excluding hydrogens is 204 g/mol. The van der Waals surface area contributed by atoms with Gasteiger partial charge < -0.3 is 4.74 Å². The summed E-state index contributed by atoms with van der Waals surface area (Å²) in [6.07, 6.45) is 3.35. The number of hydrogen-bond acceptors (Lipinski definition) is 3. The Hall–Kier alpha value is -1.98. The van der Waals surface area contributed by atoms with Crippen LogP contribution in [0.3, 0.4) is 0 Å². The Balaban J connectivity index is 2.45. The van der Waals surface area contributed by atoms with Crippen LogP contribution in [0.1, 0.15) is 0 Å². The smallest absolute Gasteiger partial charge is 0.190 e. The van der Waals surface area contributed by atoms with E-state index >= 15 is 0 Å². The van der Waals surface area contributed by atoms with Crippen molar-refractivity contribution in [1.82, 2.24) is 14.8 Å². The van der Waals surface area contributed by atoms with Crippen molar-refractivity contribution in [3.8, 4) is 11.6 Å². The van der Waals surface area contributed by atoms with Gasteiger partial charge in [-0.05, 0) is 0 Å². The van der Waals surface area contributed by atoms with E-state index in [1.165, 1.54) is 13.3 Å². The summed E-state index contributed by atoms with van der Waals surface area (Å²) in [7, 11) is 1.41. The number of hydrogen-bond donors (Lipinski definition) is 0. The van der Waals surface area contributed by atoms with Crippen molar-refractivity contribution in [2.24, 2.45) is 0 Å². The molecule has 0 fully saturated rings. The van der Waals surface area contributed by atoms with Gasteiger partial charge in [0.05, 0.1) is 25.7 Å². The third kappa shape index (κ3) is 1.78. The van der Waals surface area contributed by atoms with E-state index in [9.17, 15) is 8.78 Å². The van der Waals surface area contributed by atoms with Crippen LogP contribution in [-0.2, 0) is 0 Å². The molecule has 78 valence electrons. The summed E-state index contributed by atoms with van der Waals surface area (Å²) >= 11 is 0. The zero-order chi connectivity index (χ0) is 10.8. The lowest BCUT2D eigenvalue weighted by atomic mass is 10.4. The average molecular weight is 211 g/mol. The van der Waals surface area contributed by atoms with Gasteiger partial charge in [0.2, 0.25) is 0 Å². The summed E-state index contributed by atoms with van der Waals surface area (Å²) in [4.78, 5) is 3.77. The largest absolute Gasteiger partial charge is 0.495 e. The van der Waals surface area contributed by atoms with Gasteiger partial charge in [0.1, 0.15) is 5.75 Å².